The van der Waals surface area contributed by atoms with Crippen molar-refractivity contribution in [1.82, 2.24) is 15.5 Å². The number of ether oxygens (including phenoxy) is 1. The molecule has 35 heavy (non-hydrogen) atoms. The maximum absolute atomic E-state index is 12.1. The fraction of sp³-hybridized carbons (Fsp3) is 0.480. The van der Waals surface area contributed by atoms with Crippen molar-refractivity contribution in [2.75, 3.05) is 31.6 Å². The maximum Gasteiger partial charge on any atom is 0.319 e. The van der Waals surface area contributed by atoms with Crippen molar-refractivity contribution in [3.8, 4) is 11.5 Å². The van der Waals surface area contributed by atoms with E-state index in [1.165, 1.54) is 17.7 Å². The number of urea groups is 1. The van der Waals surface area contributed by atoms with Crippen LogP contribution >= 0.6 is 23.2 Å². The average Bonchev–Trinajstić information content (AvgIpc) is 3.65. The number of likely N-dealkylation sites (tertiary alicyclic amines) is 1. The second-order valence-corrected chi connectivity index (χ2v) is 10.1. The molecule has 1 aliphatic heterocycles. The smallest absolute Gasteiger partial charge is 0.319 e. The van der Waals surface area contributed by atoms with Gasteiger partial charge in [-0.05, 0) is 62.5 Å². The number of nitrogens with zero attached hydrogens (tertiary/aromatic N) is 1. The minimum Gasteiger partial charge on any atom is -0.506 e. The first-order valence-electron chi connectivity index (χ1n) is 12.0. The zero-order valence-corrected chi connectivity index (χ0v) is 21.0. The molecule has 2 amide bonds. The number of phenols is 1. The Bertz CT molecular complexity index is 996. The topological polar surface area (TPSA) is 106 Å². The average molecular weight is 523 g/mol. The first-order chi connectivity index (χ1) is 16.9. The van der Waals surface area contributed by atoms with Crippen molar-refractivity contribution < 1.29 is 19.7 Å². The molecule has 5 N–H and O–H groups in total. The van der Waals surface area contributed by atoms with E-state index < -0.39 is 6.10 Å². The third-order valence-corrected chi connectivity index (χ3v) is 6.74. The predicted octanol–water partition coefficient (Wildman–Crippen LogP) is 3.98. The molecule has 0 bridgehead atoms. The van der Waals surface area contributed by atoms with E-state index in [1.54, 1.807) is 0 Å². The molecule has 2 aliphatic rings. The molecule has 2 aromatic rings. The van der Waals surface area contributed by atoms with Gasteiger partial charge in [0.2, 0.25) is 0 Å². The summed E-state index contributed by atoms with van der Waals surface area (Å²) in [7, 11) is 0. The number of aromatic hydroxyl groups is 1. The quantitative estimate of drug-likeness (QED) is 0.302. The summed E-state index contributed by atoms with van der Waals surface area (Å²) in [6.45, 7) is 3.25. The Balaban J connectivity index is 1.19. The molecule has 2 fully saturated rings. The van der Waals surface area contributed by atoms with Gasteiger partial charge in [-0.25, -0.2) is 4.79 Å². The van der Waals surface area contributed by atoms with Gasteiger partial charge < -0.3 is 30.9 Å². The van der Waals surface area contributed by atoms with Crippen molar-refractivity contribution in [3.63, 3.8) is 0 Å². The number of piperidine rings is 1. The van der Waals surface area contributed by atoms with E-state index in [1.807, 2.05) is 12.1 Å². The number of rotatable bonds is 10. The van der Waals surface area contributed by atoms with Gasteiger partial charge >= 0.3 is 6.03 Å². The highest BCUT2D eigenvalue weighted by molar-refractivity contribution is 6.32. The lowest BCUT2D eigenvalue weighted by Gasteiger charge is -2.33. The molecule has 1 aliphatic carbocycles. The van der Waals surface area contributed by atoms with Crippen LogP contribution in [0.3, 0.4) is 0 Å². The van der Waals surface area contributed by atoms with Gasteiger partial charge in [-0.1, -0.05) is 35.3 Å². The minimum atomic E-state index is -0.756. The lowest BCUT2D eigenvalue weighted by molar-refractivity contribution is 0.0981. The third kappa shape index (κ3) is 8.15. The largest absolute Gasteiger partial charge is 0.506 e. The van der Waals surface area contributed by atoms with Crippen molar-refractivity contribution in [2.45, 2.75) is 50.4 Å². The van der Waals surface area contributed by atoms with Gasteiger partial charge in [0.15, 0.2) is 0 Å². The van der Waals surface area contributed by atoms with Crippen LogP contribution in [0.15, 0.2) is 36.4 Å². The second-order valence-electron chi connectivity index (χ2n) is 9.22. The van der Waals surface area contributed by atoms with E-state index in [0.717, 1.165) is 50.3 Å². The second kappa shape index (κ2) is 12.1. The van der Waals surface area contributed by atoms with Gasteiger partial charge in [0.25, 0.3) is 0 Å². The lowest BCUT2D eigenvalue weighted by Crippen LogP contribution is -2.45. The summed E-state index contributed by atoms with van der Waals surface area (Å²) in [6, 6.07) is 10.9. The Kier molecular flexibility index (Phi) is 8.97. The summed E-state index contributed by atoms with van der Waals surface area (Å²) >= 11 is 12.0. The van der Waals surface area contributed by atoms with Crippen LogP contribution in [0.5, 0.6) is 11.5 Å². The molecule has 190 valence electrons. The normalized spacial score (nSPS) is 17.7. The number of anilines is 1. The molecular formula is C25H32Cl2N4O4. The highest BCUT2D eigenvalue weighted by Crippen LogP contribution is 2.35. The van der Waals surface area contributed by atoms with Crippen LogP contribution in [0.25, 0.3) is 0 Å². The highest BCUT2D eigenvalue weighted by atomic mass is 35.5. The fourth-order valence-corrected chi connectivity index (χ4v) is 4.31. The van der Waals surface area contributed by atoms with Gasteiger partial charge in [-0.3, -0.25) is 4.90 Å². The summed E-state index contributed by atoms with van der Waals surface area (Å²) in [5.41, 5.74) is 1.58. The molecule has 10 heteroatoms. The number of aliphatic hydroxyl groups is 1. The van der Waals surface area contributed by atoms with E-state index in [9.17, 15) is 15.0 Å². The number of nitrogens with one attached hydrogen (secondary N) is 3. The zero-order valence-electron chi connectivity index (χ0n) is 19.5. The molecule has 0 radical (unpaired) electrons. The number of amides is 2. The third-order valence-electron chi connectivity index (χ3n) is 6.19. The monoisotopic (exact) mass is 522 g/mol. The first kappa shape index (κ1) is 25.9. The van der Waals surface area contributed by atoms with Gasteiger partial charge in [0, 0.05) is 36.3 Å². The molecule has 4 rings (SSSR count). The van der Waals surface area contributed by atoms with Gasteiger partial charge in [-0.2, -0.15) is 0 Å². The molecule has 0 aromatic heterocycles. The van der Waals surface area contributed by atoms with Crippen LogP contribution in [-0.2, 0) is 6.54 Å². The number of aliphatic hydroxyl groups excluding tert-OH is 1. The summed E-state index contributed by atoms with van der Waals surface area (Å²) in [4.78, 5) is 14.5. The molecule has 1 saturated carbocycles. The number of hydrogen-bond acceptors (Lipinski definition) is 6. The summed E-state index contributed by atoms with van der Waals surface area (Å²) in [5, 5.41) is 30.2. The Morgan fingerprint density at radius 3 is 2.49 bits per heavy atom. The van der Waals surface area contributed by atoms with Crippen molar-refractivity contribution in [3.05, 3.63) is 52.0 Å². The Hall–Kier alpha value is -2.23. The Morgan fingerprint density at radius 2 is 1.80 bits per heavy atom. The Labute approximate surface area is 215 Å². The number of carbonyl (C=O) groups excluding carboxylic acids is 1. The molecule has 1 saturated heterocycles. The molecule has 0 spiro atoms. The molecule has 1 atom stereocenters. The molecular weight excluding hydrogens is 491 g/mol. The van der Waals surface area contributed by atoms with Crippen molar-refractivity contribution in [2.24, 2.45) is 0 Å². The minimum absolute atomic E-state index is 0.00239. The molecule has 8 nitrogen and oxygen atoms in total. The SMILES string of the molecule is O=C(Nc1cc(Cl)c(O)cc1OC[C@H](O)CNC1CCN(Cc2ccc(Cl)cc2)CC1)NC1CC1. The maximum atomic E-state index is 12.1. The number of benzene rings is 2. The van der Waals surface area contributed by atoms with Crippen LogP contribution < -0.4 is 20.7 Å². The highest BCUT2D eigenvalue weighted by Gasteiger charge is 2.24. The van der Waals surface area contributed by atoms with E-state index in [-0.39, 0.29) is 35.2 Å². The van der Waals surface area contributed by atoms with Gasteiger partial charge in [-0.15, -0.1) is 0 Å². The molecule has 2 aromatic carbocycles. The summed E-state index contributed by atoms with van der Waals surface area (Å²) in [5.74, 6) is 0.0835. The van der Waals surface area contributed by atoms with Crippen LogP contribution in [0.4, 0.5) is 10.5 Å². The lowest BCUT2D eigenvalue weighted by atomic mass is 10.0. The number of carbonyl (C=O) groups is 1. The van der Waals surface area contributed by atoms with Gasteiger partial charge in [0.1, 0.15) is 24.2 Å². The van der Waals surface area contributed by atoms with Crippen LogP contribution in [0.1, 0.15) is 31.2 Å². The summed E-state index contributed by atoms with van der Waals surface area (Å²) < 4.78 is 5.72. The predicted molar refractivity (Wildman–Crippen MR) is 138 cm³/mol. The van der Waals surface area contributed by atoms with Gasteiger partial charge in [0.05, 0.1) is 10.7 Å². The van der Waals surface area contributed by atoms with E-state index >= 15 is 0 Å². The Morgan fingerprint density at radius 1 is 1.09 bits per heavy atom. The number of hydrogen-bond donors (Lipinski definition) is 5. The number of halogens is 2. The number of phenolic OH excluding ortho intramolecular Hbond substituents is 1. The molecule has 0 unspecified atom stereocenters. The fourth-order valence-electron chi connectivity index (χ4n) is 4.02. The zero-order chi connectivity index (χ0) is 24.8. The van der Waals surface area contributed by atoms with Crippen LogP contribution in [0.2, 0.25) is 10.0 Å². The molecule has 1 heterocycles. The first-order valence-corrected chi connectivity index (χ1v) is 12.7. The van der Waals surface area contributed by atoms with Crippen molar-refractivity contribution in [1.29, 1.82) is 0 Å². The van der Waals surface area contributed by atoms with E-state index in [0.29, 0.717) is 18.3 Å². The standard InChI is InChI=1S/C25H32Cl2N4O4/c26-17-3-1-16(2-4-17)14-31-9-7-18(8-10-31)28-13-20(32)15-35-24-12-23(33)21(27)11-22(24)30-25(34)29-19-5-6-19/h1-4,11-12,18-20,28,32-33H,5-10,13-15H2,(H2,29,30,34)/t20-/m1/s1. The van der Waals surface area contributed by atoms with Crippen LogP contribution in [-0.4, -0.2) is 65.6 Å². The van der Waals surface area contributed by atoms with E-state index in [4.69, 9.17) is 27.9 Å². The van der Waals surface area contributed by atoms with Crippen molar-refractivity contribution >= 4 is 34.9 Å². The van der Waals surface area contributed by atoms with E-state index in [2.05, 4.69) is 33.0 Å². The van der Waals surface area contributed by atoms with Crippen LogP contribution in [0, 0.1) is 0 Å². The summed E-state index contributed by atoms with van der Waals surface area (Å²) in [6.07, 6.45) is 3.17.